The normalized spacial score (nSPS) is 12.4. The molecule has 0 aliphatic rings. The van der Waals surface area contributed by atoms with Gasteiger partial charge in [0.15, 0.2) is 0 Å². The van der Waals surface area contributed by atoms with Crippen LogP contribution in [-0.4, -0.2) is 17.0 Å². The fourth-order valence-electron chi connectivity index (χ4n) is 1.81. The van der Waals surface area contributed by atoms with Crippen molar-refractivity contribution < 1.29 is 9.50 Å². The average molecular weight is 420 g/mol. The zero-order chi connectivity index (χ0) is 14.5. The Kier molecular flexibility index (Phi) is 6.08. The van der Waals surface area contributed by atoms with Gasteiger partial charge in [0, 0.05) is 19.6 Å². The molecule has 0 heterocycles. The molecule has 106 valence electrons. The Bertz CT molecular complexity index is 572. The molecule has 1 unspecified atom stereocenters. The van der Waals surface area contributed by atoms with Crippen LogP contribution in [0.4, 0.5) is 4.39 Å². The van der Waals surface area contributed by atoms with E-state index in [4.69, 9.17) is 0 Å². The van der Waals surface area contributed by atoms with Crippen molar-refractivity contribution >= 4 is 43.6 Å². The quantitative estimate of drug-likeness (QED) is 0.684. The molecule has 1 atom stereocenters. The lowest BCUT2D eigenvalue weighted by Gasteiger charge is -2.11. The van der Waals surface area contributed by atoms with Crippen molar-refractivity contribution in [3.63, 3.8) is 0 Å². The molecule has 0 amide bonds. The summed E-state index contributed by atoms with van der Waals surface area (Å²) in [6, 6.07) is 12.6. The van der Waals surface area contributed by atoms with E-state index in [1.807, 2.05) is 30.3 Å². The van der Waals surface area contributed by atoms with Gasteiger partial charge in [0.25, 0.3) is 0 Å². The van der Waals surface area contributed by atoms with Gasteiger partial charge in [-0.2, -0.15) is 0 Å². The average Bonchev–Trinajstić information content (AvgIpc) is 2.35. The van der Waals surface area contributed by atoms with Crippen molar-refractivity contribution in [2.75, 3.05) is 5.75 Å². The van der Waals surface area contributed by atoms with Gasteiger partial charge in [0.2, 0.25) is 0 Å². The van der Waals surface area contributed by atoms with E-state index >= 15 is 0 Å². The standard InChI is InChI=1S/C15H13Br2FOS/c16-11-2-1-3-15(8-11)20-9-14(19)6-10-4-12(17)7-13(18)5-10/h1-5,7-8,14,19H,6,9H2. The minimum absolute atomic E-state index is 0.291. The Hall–Kier alpha value is -0.360. The van der Waals surface area contributed by atoms with E-state index in [2.05, 4.69) is 31.9 Å². The first-order valence-corrected chi connectivity index (χ1v) is 8.61. The fourth-order valence-corrected chi connectivity index (χ4v) is 3.76. The maximum absolute atomic E-state index is 13.3. The van der Waals surface area contributed by atoms with E-state index in [0.717, 1.165) is 14.9 Å². The maximum atomic E-state index is 13.3. The Morgan fingerprint density at radius 2 is 1.90 bits per heavy atom. The zero-order valence-corrected chi connectivity index (χ0v) is 14.5. The number of halogens is 3. The van der Waals surface area contributed by atoms with E-state index in [1.54, 1.807) is 11.8 Å². The maximum Gasteiger partial charge on any atom is 0.124 e. The Morgan fingerprint density at radius 3 is 2.60 bits per heavy atom. The van der Waals surface area contributed by atoms with Crippen molar-refractivity contribution in [2.45, 2.75) is 17.4 Å². The summed E-state index contributed by atoms with van der Waals surface area (Å²) in [7, 11) is 0. The molecule has 0 aliphatic heterocycles. The lowest BCUT2D eigenvalue weighted by atomic mass is 10.1. The molecule has 0 fully saturated rings. The van der Waals surface area contributed by atoms with Crippen LogP contribution in [0.2, 0.25) is 0 Å². The van der Waals surface area contributed by atoms with Crippen LogP contribution in [0, 0.1) is 5.82 Å². The molecule has 0 aromatic heterocycles. The van der Waals surface area contributed by atoms with Crippen molar-refractivity contribution in [2.24, 2.45) is 0 Å². The molecule has 1 nitrogen and oxygen atoms in total. The molecule has 0 radical (unpaired) electrons. The van der Waals surface area contributed by atoms with Gasteiger partial charge in [-0.1, -0.05) is 37.9 Å². The zero-order valence-electron chi connectivity index (χ0n) is 10.5. The summed E-state index contributed by atoms with van der Waals surface area (Å²) >= 11 is 8.26. The predicted molar refractivity (Wildman–Crippen MR) is 88.7 cm³/mol. The van der Waals surface area contributed by atoms with Crippen LogP contribution >= 0.6 is 43.6 Å². The highest BCUT2D eigenvalue weighted by Crippen LogP contribution is 2.24. The molecule has 1 N–H and O–H groups in total. The van der Waals surface area contributed by atoms with Gasteiger partial charge in [-0.15, -0.1) is 11.8 Å². The molecule has 0 saturated carbocycles. The summed E-state index contributed by atoms with van der Waals surface area (Å²) < 4.78 is 15.0. The van der Waals surface area contributed by atoms with Gasteiger partial charge in [-0.05, 0) is 48.4 Å². The van der Waals surface area contributed by atoms with E-state index in [0.29, 0.717) is 16.6 Å². The predicted octanol–water partition coefficient (Wildman–Crippen LogP) is 5.05. The first kappa shape index (κ1) is 16.0. The third-order valence-corrected chi connectivity index (χ3v) is 4.72. The molecule has 5 heteroatoms. The third-order valence-electron chi connectivity index (χ3n) is 2.63. The SMILES string of the molecule is OC(CSc1cccc(Br)c1)Cc1cc(F)cc(Br)c1. The monoisotopic (exact) mass is 418 g/mol. The summed E-state index contributed by atoms with van der Waals surface area (Å²) in [6.07, 6.45) is -0.0649. The molecule has 2 aromatic carbocycles. The van der Waals surface area contributed by atoms with Crippen molar-refractivity contribution in [3.05, 3.63) is 62.8 Å². The molecular formula is C15H13Br2FOS. The van der Waals surface area contributed by atoms with Crippen LogP contribution in [0.3, 0.4) is 0 Å². The second-order valence-corrected chi connectivity index (χ2v) is 7.33. The Balaban J connectivity index is 1.90. The van der Waals surface area contributed by atoms with Crippen LogP contribution in [-0.2, 0) is 6.42 Å². The lowest BCUT2D eigenvalue weighted by Crippen LogP contribution is -2.13. The van der Waals surface area contributed by atoms with E-state index in [-0.39, 0.29) is 5.82 Å². The van der Waals surface area contributed by atoms with Crippen molar-refractivity contribution in [3.8, 4) is 0 Å². The minimum Gasteiger partial charge on any atom is -0.392 e. The molecule has 0 aliphatic carbocycles. The smallest absolute Gasteiger partial charge is 0.124 e. The highest BCUT2D eigenvalue weighted by Gasteiger charge is 2.08. The number of hydrogen-bond donors (Lipinski definition) is 1. The molecule has 2 rings (SSSR count). The Morgan fingerprint density at radius 1 is 1.10 bits per heavy atom. The van der Waals surface area contributed by atoms with E-state index in [9.17, 15) is 9.50 Å². The largest absolute Gasteiger partial charge is 0.392 e. The van der Waals surface area contributed by atoms with Gasteiger partial charge in [0.05, 0.1) is 6.10 Å². The number of hydrogen-bond acceptors (Lipinski definition) is 2. The summed E-state index contributed by atoms with van der Waals surface area (Å²) in [5, 5.41) is 10.0. The van der Waals surface area contributed by atoms with E-state index in [1.165, 1.54) is 12.1 Å². The Labute approximate surface area is 138 Å². The van der Waals surface area contributed by atoms with Crippen molar-refractivity contribution in [1.29, 1.82) is 0 Å². The number of thioether (sulfide) groups is 1. The summed E-state index contributed by atoms with van der Waals surface area (Å²) in [5.74, 6) is 0.283. The second-order valence-electron chi connectivity index (χ2n) is 4.40. The van der Waals surface area contributed by atoms with Gasteiger partial charge in [0.1, 0.15) is 5.82 Å². The van der Waals surface area contributed by atoms with Crippen LogP contribution in [0.15, 0.2) is 56.3 Å². The summed E-state index contributed by atoms with van der Waals surface area (Å²) in [4.78, 5) is 1.10. The minimum atomic E-state index is -0.507. The lowest BCUT2D eigenvalue weighted by molar-refractivity contribution is 0.200. The van der Waals surface area contributed by atoms with Gasteiger partial charge in [-0.25, -0.2) is 4.39 Å². The van der Waals surface area contributed by atoms with Gasteiger partial charge < -0.3 is 5.11 Å². The van der Waals surface area contributed by atoms with Crippen LogP contribution in [0.25, 0.3) is 0 Å². The number of rotatable bonds is 5. The number of aliphatic hydroxyl groups is 1. The fraction of sp³-hybridized carbons (Fsp3) is 0.200. The molecule has 0 spiro atoms. The molecule has 0 saturated heterocycles. The summed E-state index contributed by atoms with van der Waals surface area (Å²) in [5.41, 5.74) is 0.791. The number of aliphatic hydroxyl groups excluding tert-OH is 1. The first-order chi connectivity index (χ1) is 9.52. The molecule has 2 aromatic rings. The van der Waals surface area contributed by atoms with Crippen LogP contribution in [0.1, 0.15) is 5.56 Å². The molecule has 20 heavy (non-hydrogen) atoms. The highest BCUT2D eigenvalue weighted by atomic mass is 79.9. The second kappa shape index (κ2) is 7.59. The third kappa shape index (κ3) is 5.20. The van der Waals surface area contributed by atoms with Crippen LogP contribution in [0.5, 0.6) is 0 Å². The van der Waals surface area contributed by atoms with E-state index < -0.39 is 6.10 Å². The highest BCUT2D eigenvalue weighted by molar-refractivity contribution is 9.10. The number of benzene rings is 2. The topological polar surface area (TPSA) is 20.2 Å². The molecular weight excluding hydrogens is 407 g/mol. The first-order valence-electron chi connectivity index (χ1n) is 6.04. The van der Waals surface area contributed by atoms with Crippen LogP contribution < -0.4 is 0 Å². The van der Waals surface area contributed by atoms with Gasteiger partial charge >= 0.3 is 0 Å². The summed E-state index contributed by atoms with van der Waals surface area (Å²) in [6.45, 7) is 0. The molecule has 0 bridgehead atoms. The van der Waals surface area contributed by atoms with Crippen molar-refractivity contribution in [1.82, 2.24) is 0 Å². The van der Waals surface area contributed by atoms with Gasteiger partial charge in [-0.3, -0.25) is 0 Å².